The molecule has 0 bridgehead atoms. The van der Waals surface area contributed by atoms with Gasteiger partial charge < -0.3 is 15.1 Å². The summed E-state index contributed by atoms with van der Waals surface area (Å²) in [5.74, 6) is -0.540. The van der Waals surface area contributed by atoms with Crippen molar-refractivity contribution in [1.29, 1.82) is 0 Å². The fraction of sp³-hybridized carbons (Fsp3) is 0.286. The lowest BCUT2D eigenvalue weighted by molar-refractivity contribution is -0.137. The molecular formula is C21H19F4N5OS2. The third-order valence-electron chi connectivity index (χ3n) is 4.96. The van der Waals surface area contributed by atoms with Crippen LogP contribution in [0.15, 0.2) is 52.9 Å². The summed E-state index contributed by atoms with van der Waals surface area (Å²) in [6, 6.07) is 10.7. The van der Waals surface area contributed by atoms with Crippen molar-refractivity contribution < 1.29 is 22.4 Å². The first-order valence-corrected chi connectivity index (χ1v) is 11.8. The van der Waals surface area contributed by atoms with Gasteiger partial charge in [-0.05, 0) is 48.5 Å². The predicted molar refractivity (Wildman–Crippen MR) is 122 cm³/mol. The van der Waals surface area contributed by atoms with E-state index in [0.29, 0.717) is 10.0 Å². The van der Waals surface area contributed by atoms with Crippen LogP contribution in [0.5, 0.6) is 0 Å². The minimum Gasteiger partial charge on any atom is -0.368 e. The third-order valence-corrected chi connectivity index (χ3v) is 7.08. The monoisotopic (exact) mass is 497 g/mol. The Morgan fingerprint density at radius 1 is 0.970 bits per heavy atom. The van der Waals surface area contributed by atoms with Crippen LogP contribution in [0.3, 0.4) is 0 Å². The van der Waals surface area contributed by atoms with Crippen molar-refractivity contribution >= 4 is 45.5 Å². The van der Waals surface area contributed by atoms with E-state index in [4.69, 9.17) is 0 Å². The van der Waals surface area contributed by atoms with Crippen molar-refractivity contribution in [3.05, 3.63) is 59.9 Å². The van der Waals surface area contributed by atoms with Gasteiger partial charge in [0.25, 0.3) is 0 Å². The molecule has 3 aromatic rings. The Bertz CT molecular complexity index is 1080. The van der Waals surface area contributed by atoms with Gasteiger partial charge in [-0.15, -0.1) is 10.2 Å². The molecule has 1 aliphatic rings. The zero-order valence-corrected chi connectivity index (χ0v) is 18.8. The number of amides is 1. The average molecular weight is 498 g/mol. The van der Waals surface area contributed by atoms with Gasteiger partial charge in [0.05, 0.1) is 11.3 Å². The highest BCUT2D eigenvalue weighted by molar-refractivity contribution is 8.01. The van der Waals surface area contributed by atoms with E-state index < -0.39 is 11.7 Å². The minimum absolute atomic E-state index is 0.0635. The third kappa shape index (κ3) is 6.14. The number of hydrogen-bond acceptors (Lipinski definition) is 7. The zero-order valence-electron chi connectivity index (χ0n) is 17.2. The van der Waals surface area contributed by atoms with Crippen LogP contribution in [-0.2, 0) is 11.0 Å². The second-order valence-electron chi connectivity index (χ2n) is 7.21. The fourth-order valence-electron chi connectivity index (χ4n) is 3.26. The molecule has 0 atom stereocenters. The number of thioether (sulfide) groups is 1. The maximum absolute atomic E-state index is 13.1. The number of aromatic nitrogens is 2. The van der Waals surface area contributed by atoms with Gasteiger partial charge in [-0.2, -0.15) is 13.2 Å². The van der Waals surface area contributed by atoms with E-state index in [1.165, 1.54) is 47.4 Å². The second kappa shape index (κ2) is 9.96. The normalized spacial score (nSPS) is 14.4. The van der Waals surface area contributed by atoms with Crippen LogP contribution >= 0.6 is 23.1 Å². The molecule has 1 saturated heterocycles. The Morgan fingerprint density at radius 3 is 2.24 bits per heavy atom. The highest BCUT2D eigenvalue weighted by Gasteiger charge is 2.30. The number of nitrogens with zero attached hydrogens (tertiary/aromatic N) is 4. The SMILES string of the molecule is O=C(CSc1nnc(N2CCN(c3ccc(F)cc3)CC2)s1)Nc1ccc(C(F)(F)F)cc1. The van der Waals surface area contributed by atoms with Crippen LogP contribution in [0.4, 0.5) is 34.1 Å². The van der Waals surface area contributed by atoms with Crippen LogP contribution in [-0.4, -0.2) is 48.0 Å². The molecule has 0 saturated carbocycles. The number of piperazine rings is 1. The van der Waals surface area contributed by atoms with E-state index in [-0.39, 0.29) is 17.5 Å². The van der Waals surface area contributed by atoms with E-state index >= 15 is 0 Å². The van der Waals surface area contributed by atoms with Crippen LogP contribution < -0.4 is 15.1 Å². The summed E-state index contributed by atoms with van der Waals surface area (Å²) >= 11 is 2.60. The van der Waals surface area contributed by atoms with E-state index in [9.17, 15) is 22.4 Å². The molecule has 0 spiro atoms. The van der Waals surface area contributed by atoms with Crippen molar-refractivity contribution in [2.75, 3.05) is 47.0 Å². The number of carbonyl (C=O) groups excluding carboxylic acids is 1. The quantitative estimate of drug-likeness (QED) is 0.392. The molecule has 1 N–H and O–H groups in total. The number of nitrogens with one attached hydrogen (secondary N) is 1. The lowest BCUT2D eigenvalue weighted by Gasteiger charge is -2.35. The molecular weight excluding hydrogens is 478 g/mol. The number of halogens is 4. The summed E-state index contributed by atoms with van der Waals surface area (Å²) in [5.41, 5.74) is 0.504. The zero-order chi connectivity index (χ0) is 23.4. The maximum Gasteiger partial charge on any atom is 0.416 e. The van der Waals surface area contributed by atoms with Crippen molar-refractivity contribution in [3.63, 3.8) is 0 Å². The molecule has 0 radical (unpaired) electrons. The van der Waals surface area contributed by atoms with Crippen LogP contribution in [0.25, 0.3) is 0 Å². The Labute approximate surface area is 195 Å². The summed E-state index contributed by atoms with van der Waals surface area (Å²) in [6.45, 7) is 3.02. The highest BCUT2D eigenvalue weighted by Crippen LogP contribution is 2.31. The molecule has 12 heteroatoms. The molecule has 1 amide bonds. The molecule has 1 aliphatic heterocycles. The molecule has 174 valence electrons. The molecule has 1 aromatic heterocycles. The molecule has 6 nitrogen and oxygen atoms in total. The van der Waals surface area contributed by atoms with E-state index in [1.54, 1.807) is 12.1 Å². The number of anilines is 3. The van der Waals surface area contributed by atoms with Crippen LogP contribution in [0.1, 0.15) is 5.56 Å². The van der Waals surface area contributed by atoms with Gasteiger partial charge >= 0.3 is 6.18 Å². The van der Waals surface area contributed by atoms with E-state index in [2.05, 4.69) is 25.3 Å². The predicted octanol–water partition coefficient (Wildman–Crippen LogP) is 4.75. The summed E-state index contributed by atoms with van der Waals surface area (Å²) in [4.78, 5) is 16.4. The van der Waals surface area contributed by atoms with Gasteiger partial charge in [-0.3, -0.25) is 4.79 Å². The Kier molecular flexibility index (Phi) is 7.03. The lowest BCUT2D eigenvalue weighted by Crippen LogP contribution is -2.46. The van der Waals surface area contributed by atoms with Crippen molar-refractivity contribution in [2.24, 2.45) is 0 Å². The first-order chi connectivity index (χ1) is 15.8. The summed E-state index contributed by atoms with van der Waals surface area (Å²) in [5, 5.41) is 11.7. The summed E-state index contributed by atoms with van der Waals surface area (Å²) < 4.78 is 51.6. The Hall–Kier alpha value is -2.86. The molecule has 2 heterocycles. The second-order valence-corrected chi connectivity index (χ2v) is 9.39. The molecule has 33 heavy (non-hydrogen) atoms. The van der Waals surface area contributed by atoms with Crippen LogP contribution in [0.2, 0.25) is 0 Å². The number of rotatable bonds is 6. The Balaban J connectivity index is 1.24. The largest absolute Gasteiger partial charge is 0.416 e. The van der Waals surface area contributed by atoms with Crippen molar-refractivity contribution in [1.82, 2.24) is 10.2 Å². The van der Waals surface area contributed by atoms with Gasteiger partial charge in [-0.1, -0.05) is 23.1 Å². The highest BCUT2D eigenvalue weighted by atomic mass is 32.2. The van der Waals surface area contributed by atoms with Gasteiger partial charge in [0.1, 0.15) is 5.82 Å². The lowest BCUT2D eigenvalue weighted by atomic mass is 10.2. The minimum atomic E-state index is -4.42. The smallest absolute Gasteiger partial charge is 0.368 e. The first kappa shape index (κ1) is 23.3. The first-order valence-electron chi connectivity index (χ1n) is 9.97. The molecule has 1 fully saturated rings. The number of carbonyl (C=O) groups is 1. The number of benzene rings is 2. The van der Waals surface area contributed by atoms with Crippen molar-refractivity contribution in [2.45, 2.75) is 10.5 Å². The summed E-state index contributed by atoms with van der Waals surface area (Å²) in [6.07, 6.45) is -4.42. The molecule has 4 rings (SSSR count). The van der Waals surface area contributed by atoms with Crippen LogP contribution in [0, 0.1) is 5.82 Å². The van der Waals surface area contributed by atoms with Gasteiger partial charge in [0, 0.05) is 37.6 Å². The fourth-order valence-corrected chi connectivity index (χ4v) is 4.96. The number of alkyl halides is 3. The van der Waals surface area contributed by atoms with Gasteiger partial charge in [-0.25, -0.2) is 4.39 Å². The van der Waals surface area contributed by atoms with E-state index in [0.717, 1.165) is 49.1 Å². The topological polar surface area (TPSA) is 61.4 Å². The number of hydrogen-bond donors (Lipinski definition) is 1. The maximum atomic E-state index is 13.1. The van der Waals surface area contributed by atoms with Gasteiger partial charge in [0.15, 0.2) is 4.34 Å². The Morgan fingerprint density at radius 2 is 1.61 bits per heavy atom. The average Bonchev–Trinajstić information content (AvgIpc) is 3.27. The van der Waals surface area contributed by atoms with Crippen molar-refractivity contribution in [3.8, 4) is 0 Å². The molecule has 0 aliphatic carbocycles. The molecule has 2 aromatic carbocycles. The van der Waals surface area contributed by atoms with Gasteiger partial charge in [0.2, 0.25) is 11.0 Å². The van der Waals surface area contributed by atoms with E-state index in [1.807, 2.05) is 0 Å². The molecule has 0 unspecified atom stereocenters. The summed E-state index contributed by atoms with van der Waals surface area (Å²) in [7, 11) is 0. The standard InChI is InChI=1S/C21H19F4N5OS2/c22-15-3-7-17(8-4-15)29-9-11-30(12-10-29)19-27-28-20(33-19)32-13-18(31)26-16-5-1-14(2-6-16)21(23,24)25/h1-8H,9-13H2,(H,26,31).